The molecule has 1 aromatic carbocycles. The van der Waals surface area contributed by atoms with Gasteiger partial charge in [-0.3, -0.25) is 4.98 Å². The summed E-state index contributed by atoms with van der Waals surface area (Å²) in [6, 6.07) is 6.06. The van der Waals surface area contributed by atoms with Gasteiger partial charge in [-0.15, -0.1) is 0 Å². The largest absolute Gasteiger partial charge is 0.456 e. The van der Waals surface area contributed by atoms with E-state index in [1.54, 1.807) is 6.07 Å². The van der Waals surface area contributed by atoms with Gasteiger partial charge in [-0.05, 0) is 12.1 Å². The van der Waals surface area contributed by atoms with Gasteiger partial charge in [0.15, 0.2) is 5.84 Å². The minimum Gasteiger partial charge on any atom is -0.456 e. The summed E-state index contributed by atoms with van der Waals surface area (Å²) in [4.78, 5) is 3.93. The summed E-state index contributed by atoms with van der Waals surface area (Å²) in [6.07, 6.45) is 1.45. The Bertz CT molecular complexity index is 677. The fourth-order valence-corrected chi connectivity index (χ4v) is 1.95. The van der Waals surface area contributed by atoms with Crippen LogP contribution in [0.15, 0.2) is 35.6 Å². The van der Waals surface area contributed by atoms with Crippen LogP contribution in [0.1, 0.15) is 5.69 Å². The quantitative estimate of drug-likeness (QED) is 0.293. The van der Waals surface area contributed by atoms with Crippen LogP contribution in [-0.4, -0.2) is 16.0 Å². The van der Waals surface area contributed by atoms with Crippen molar-refractivity contribution in [2.45, 2.75) is 0 Å². The fraction of sp³-hybridized carbons (Fsp3) is 0. The molecule has 0 spiro atoms. The lowest BCUT2D eigenvalue weighted by molar-refractivity contribution is 0.318. The number of hydrogen-bond donors (Lipinski definition) is 2. The SMILES string of the molecule is NC(=NO)c1cc(Oc2cc(Cl)c(Cl)cc2Cl)ccn1. The Morgan fingerprint density at radius 3 is 2.55 bits per heavy atom. The number of ether oxygens (including phenoxy) is 1. The Kier molecular flexibility index (Phi) is 4.54. The van der Waals surface area contributed by atoms with E-state index in [2.05, 4.69) is 10.1 Å². The molecule has 2 aromatic rings. The van der Waals surface area contributed by atoms with E-state index in [1.807, 2.05) is 0 Å². The van der Waals surface area contributed by atoms with Gasteiger partial charge < -0.3 is 15.7 Å². The summed E-state index contributed by atoms with van der Waals surface area (Å²) in [6.45, 7) is 0. The van der Waals surface area contributed by atoms with Crippen LogP contribution in [0.3, 0.4) is 0 Å². The Morgan fingerprint density at radius 2 is 1.85 bits per heavy atom. The topological polar surface area (TPSA) is 80.7 Å². The van der Waals surface area contributed by atoms with Crippen molar-refractivity contribution in [3.63, 3.8) is 0 Å². The molecule has 0 aliphatic rings. The highest BCUT2D eigenvalue weighted by Gasteiger charge is 2.09. The van der Waals surface area contributed by atoms with E-state index in [9.17, 15) is 0 Å². The zero-order valence-electron chi connectivity index (χ0n) is 9.85. The van der Waals surface area contributed by atoms with Crippen molar-refractivity contribution >= 4 is 40.6 Å². The molecule has 0 saturated heterocycles. The van der Waals surface area contributed by atoms with Gasteiger partial charge in [0.2, 0.25) is 0 Å². The van der Waals surface area contributed by atoms with E-state index in [1.165, 1.54) is 24.4 Å². The van der Waals surface area contributed by atoms with E-state index in [-0.39, 0.29) is 11.5 Å². The number of benzene rings is 1. The maximum Gasteiger partial charge on any atom is 0.188 e. The third kappa shape index (κ3) is 3.25. The number of rotatable bonds is 3. The molecule has 0 aliphatic carbocycles. The Labute approximate surface area is 129 Å². The number of halogens is 3. The van der Waals surface area contributed by atoms with Crippen LogP contribution >= 0.6 is 34.8 Å². The third-order valence-corrected chi connectivity index (χ3v) is 3.32. The van der Waals surface area contributed by atoms with Crippen molar-refractivity contribution in [2.75, 3.05) is 0 Å². The first-order valence-electron chi connectivity index (χ1n) is 5.27. The molecule has 5 nitrogen and oxygen atoms in total. The van der Waals surface area contributed by atoms with Crippen molar-refractivity contribution in [1.82, 2.24) is 4.98 Å². The molecule has 20 heavy (non-hydrogen) atoms. The van der Waals surface area contributed by atoms with Gasteiger partial charge in [-0.2, -0.15) is 0 Å². The number of amidine groups is 1. The third-order valence-electron chi connectivity index (χ3n) is 2.30. The van der Waals surface area contributed by atoms with Gasteiger partial charge in [0.05, 0.1) is 15.1 Å². The van der Waals surface area contributed by atoms with E-state index < -0.39 is 0 Å². The second kappa shape index (κ2) is 6.17. The predicted molar refractivity (Wildman–Crippen MR) is 78.3 cm³/mol. The molecule has 0 aliphatic heterocycles. The summed E-state index contributed by atoms with van der Waals surface area (Å²) in [7, 11) is 0. The lowest BCUT2D eigenvalue weighted by atomic mass is 10.3. The molecule has 1 heterocycles. The first-order valence-corrected chi connectivity index (χ1v) is 6.41. The van der Waals surface area contributed by atoms with E-state index in [0.29, 0.717) is 26.6 Å². The second-order valence-electron chi connectivity index (χ2n) is 3.66. The van der Waals surface area contributed by atoms with E-state index in [0.717, 1.165) is 0 Å². The van der Waals surface area contributed by atoms with Gasteiger partial charge >= 0.3 is 0 Å². The number of pyridine rings is 1. The fourth-order valence-electron chi connectivity index (χ4n) is 1.38. The molecule has 8 heteroatoms. The van der Waals surface area contributed by atoms with Gasteiger partial charge in [0.25, 0.3) is 0 Å². The molecule has 1 aromatic heterocycles. The highest BCUT2D eigenvalue weighted by Crippen LogP contribution is 2.36. The van der Waals surface area contributed by atoms with Crippen LogP contribution in [0, 0.1) is 0 Å². The minimum atomic E-state index is -0.129. The number of aromatic nitrogens is 1. The molecule has 0 amide bonds. The van der Waals surface area contributed by atoms with Crippen molar-refractivity contribution in [1.29, 1.82) is 0 Å². The molecule has 3 N–H and O–H groups in total. The average Bonchev–Trinajstić information content (AvgIpc) is 2.44. The van der Waals surface area contributed by atoms with Crippen LogP contribution in [-0.2, 0) is 0 Å². The number of nitrogens with two attached hydrogens (primary N) is 1. The zero-order chi connectivity index (χ0) is 14.7. The summed E-state index contributed by atoms with van der Waals surface area (Å²) in [5.41, 5.74) is 5.71. The molecule has 0 saturated carbocycles. The number of oxime groups is 1. The average molecular weight is 333 g/mol. The molecule has 2 rings (SSSR count). The van der Waals surface area contributed by atoms with Gasteiger partial charge in [0.1, 0.15) is 17.2 Å². The Balaban J connectivity index is 2.33. The highest BCUT2D eigenvalue weighted by molar-refractivity contribution is 6.43. The molecule has 0 radical (unpaired) electrons. The standard InChI is InChI=1S/C12H8Cl3N3O2/c13-7-4-9(15)11(5-8(7)14)20-6-1-2-17-10(3-6)12(16)18-19/h1-5,19H,(H2,16,18). The van der Waals surface area contributed by atoms with Crippen molar-refractivity contribution in [2.24, 2.45) is 10.9 Å². The Hall–Kier alpha value is -1.69. The summed E-state index contributed by atoms with van der Waals surface area (Å²) >= 11 is 17.7. The molecule has 0 unspecified atom stereocenters. The van der Waals surface area contributed by atoms with Gasteiger partial charge in [-0.1, -0.05) is 40.0 Å². The maximum absolute atomic E-state index is 8.61. The predicted octanol–water partition coefficient (Wildman–Crippen LogP) is 3.93. The van der Waals surface area contributed by atoms with Crippen molar-refractivity contribution < 1.29 is 9.94 Å². The molecule has 0 fully saturated rings. The number of nitrogens with zero attached hydrogens (tertiary/aromatic N) is 2. The van der Waals surface area contributed by atoms with Crippen molar-refractivity contribution in [3.8, 4) is 11.5 Å². The molecular weight excluding hydrogens is 325 g/mol. The number of hydrogen-bond acceptors (Lipinski definition) is 4. The first-order chi connectivity index (χ1) is 9.51. The smallest absolute Gasteiger partial charge is 0.188 e. The lowest BCUT2D eigenvalue weighted by Crippen LogP contribution is -2.14. The first kappa shape index (κ1) is 14.7. The zero-order valence-corrected chi connectivity index (χ0v) is 12.1. The van der Waals surface area contributed by atoms with Crippen LogP contribution in [0.25, 0.3) is 0 Å². The molecule has 0 atom stereocenters. The van der Waals surface area contributed by atoms with Crippen LogP contribution in [0.2, 0.25) is 15.1 Å². The summed E-state index contributed by atoms with van der Waals surface area (Å²) < 4.78 is 5.57. The second-order valence-corrected chi connectivity index (χ2v) is 4.88. The van der Waals surface area contributed by atoms with Crippen molar-refractivity contribution in [3.05, 3.63) is 51.2 Å². The molecule has 0 bridgehead atoms. The van der Waals surface area contributed by atoms with Gasteiger partial charge in [-0.25, -0.2) is 0 Å². The van der Waals surface area contributed by atoms with Crippen LogP contribution < -0.4 is 10.5 Å². The monoisotopic (exact) mass is 331 g/mol. The lowest BCUT2D eigenvalue weighted by Gasteiger charge is -2.09. The van der Waals surface area contributed by atoms with E-state index in [4.69, 9.17) is 50.5 Å². The van der Waals surface area contributed by atoms with Crippen LogP contribution in [0.4, 0.5) is 0 Å². The maximum atomic E-state index is 8.61. The van der Waals surface area contributed by atoms with Crippen LogP contribution in [0.5, 0.6) is 11.5 Å². The van der Waals surface area contributed by atoms with Gasteiger partial charge in [0, 0.05) is 18.3 Å². The summed E-state index contributed by atoms with van der Waals surface area (Å²) in [5.74, 6) is 0.607. The van der Waals surface area contributed by atoms with E-state index >= 15 is 0 Å². The Morgan fingerprint density at radius 1 is 1.15 bits per heavy atom. The minimum absolute atomic E-state index is 0.129. The normalized spacial score (nSPS) is 11.4. The molecular formula is C12H8Cl3N3O2. The summed E-state index contributed by atoms with van der Waals surface area (Å²) in [5, 5.41) is 12.4. The highest BCUT2D eigenvalue weighted by atomic mass is 35.5. The molecule has 104 valence electrons.